The third kappa shape index (κ3) is 212. The van der Waals surface area contributed by atoms with Crippen LogP contribution in [0.4, 0.5) is 0 Å². The molecule has 0 aromatic rings. The SMILES string of the molecule is C=C[C](=[W])OC.[C-]#[O+].[C-]#[O+].[C-]#[O+].[C-]#[O+].[C-]#[O+]. The average molecular weight is 394 g/mol. The van der Waals surface area contributed by atoms with Gasteiger partial charge in [0.1, 0.15) is 0 Å². The van der Waals surface area contributed by atoms with Crippen molar-refractivity contribution >= 4 is 4.08 Å². The molecule has 84 valence electrons. The van der Waals surface area contributed by atoms with Gasteiger partial charge in [0.25, 0.3) is 0 Å². The zero-order valence-corrected chi connectivity index (χ0v) is 11.1. The molecule has 0 atom stereocenters. The fourth-order valence-electron chi connectivity index (χ4n) is 0.0833. The Kier molecular flexibility index (Phi) is 340. The second kappa shape index (κ2) is 150. The van der Waals surface area contributed by atoms with E-state index < -0.39 is 0 Å². The van der Waals surface area contributed by atoms with E-state index in [4.69, 9.17) is 28.0 Å². The summed E-state index contributed by atoms with van der Waals surface area (Å²) < 4.78 is 43.2. The van der Waals surface area contributed by atoms with Crippen molar-refractivity contribution in [1.82, 2.24) is 0 Å². The van der Waals surface area contributed by atoms with Gasteiger partial charge in [-0.1, -0.05) is 0 Å². The predicted octanol–water partition coefficient (Wildman–Crippen LogP) is 0.308. The minimum atomic E-state index is 0.940. The Morgan fingerprint density at radius 1 is 0.938 bits per heavy atom. The van der Waals surface area contributed by atoms with E-state index >= 15 is 0 Å². The van der Waals surface area contributed by atoms with Gasteiger partial charge in [0.05, 0.1) is 0 Å². The van der Waals surface area contributed by atoms with Crippen LogP contribution in [0.1, 0.15) is 0 Å². The molecule has 0 N–H and O–H groups in total. The zero-order valence-electron chi connectivity index (χ0n) is 8.14. The van der Waals surface area contributed by atoms with E-state index in [0.29, 0.717) is 0 Å². The van der Waals surface area contributed by atoms with Crippen LogP contribution in [0.25, 0.3) is 0 Å². The Morgan fingerprint density at radius 2 is 1.12 bits per heavy atom. The van der Waals surface area contributed by atoms with E-state index in [1.807, 2.05) is 0 Å². The van der Waals surface area contributed by atoms with E-state index in [1.165, 1.54) is 19.4 Å². The quantitative estimate of drug-likeness (QED) is 0.488. The fourth-order valence-corrected chi connectivity index (χ4v) is 0.0833. The van der Waals surface area contributed by atoms with Gasteiger partial charge in [-0.05, 0) is 0 Å². The van der Waals surface area contributed by atoms with Gasteiger partial charge >= 0.3 is 104 Å². The number of hydrogen-bond donors (Lipinski definition) is 0. The molecule has 0 radical (unpaired) electrons. The van der Waals surface area contributed by atoms with Gasteiger partial charge in [-0.2, -0.15) is 0 Å². The molecule has 6 nitrogen and oxygen atoms in total. The summed E-state index contributed by atoms with van der Waals surface area (Å²) in [6.07, 6.45) is 1.70. The normalized spacial score (nSPS) is 3.44. The molecule has 16 heavy (non-hydrogen) atoms. The van der Waals surface area contributed by atoms with Crippen LogP contribution in [0.5, 0.6) is 0 Å². The molecule has 0 amide bonds. The standard InChI is InChI=1S/C4H6O.5CO.W/c1-3-4-5-2;5*1-2;/h3H,1H2,2H3;;;;;;. The summed E-state index contributed by atoms with van der Waals surface area (Å²) in [7, 11) is 1.64. The van der Waals surface area contributed by atoms with Crippen LogP contribution in [0.3, 0.4) is 0 Å². The molecule has 0 heterocycles. The van der Waals surface area contributed by atoms with Crippen LogP contribution in [0.15, 0.2) is 12.7 Å². The molecule has 7 heteroatoms. The Balaban J connectivity index is -0.0000000214. The van der Waals surface area contributed by atoms with E-state index in [9.17, 15) is 0 Å². The summed E-state index contributed by atoms with van der Waals surface area (Å²) in [5, 5.41) is 0. The molecular weight excluding hydrogens is 388 g/mol. The van der Waals surface area contributed by atoms with Crippen LogP contribution < -0.4 is 0 Å². The van der Waals surface area contributed by atoms with Crippen molar-refractivity contribution in [3.63, 3.8) is 0 Å². The maximum absolute atomic E-state index is 7.50. The fraction of sp³-hybridized carbons (Fsp3) is 0.111. The summed E-state index contributed by atoms with van der Waals surface area (Å²) in [5.74, 6) is 0. The van der Waals surface area contributed by atoms with Crippen LogP contribution in [0, 0.1) is 33.3 Å². The summed E-state index contributed by atoms with van der Waals surface area (Å²) in [6.45, 7) is 26.0. The molecule has 0 saturated carbocycles. The van der Waals surface area contributed by atoms with Crippen LogP contribution in [0.2, 0.25) is 0 Å². The average Bonchev–Trinajstić information content (AvgIpc) is 2.48. The Bertz CT molecular complexity index is 188. The van der Waals surface area contributed by atoms with Crippen LogP contribution in [-0.2, 0) is 47.4 Å². The van der Waals surface area contributed by atoms with Gasteiger partial charge in [-0.15, -0.1) is 0 Å². The van der Waals surface area contributed by atoms with E-state index in [-0.39, 0.29) is 0 Å². The predicted molar refractivity (Wildman–Crippen MR) is 41.9 cm³/mol. The summed E-state index contributed by atoms with van der Waals surface area (Å²) in [5.41, 5.74) is 0. The van der Waals surface area contributed by atoms with Gasteiger partial charge in [-0.3, -0.25) is 0 Å². The molecule has 0 saturated heterocycles. The molecular formula is C9H6O6W. The van der Waals surface area contributed by atoms with Crippen molar-refractivity contribution in [3.8, 4) is 0 Å². The van der Waals surface area contributed by atoms with Crippen molar-refractivity contribution in [2.24, 2.45) is 0 Å². The second-order valence-corrected chi connectivity index (χ2v) is 2.17. The molecule has 0 aliphatic rings. The zero-order chi connectivity index (χ0) is 15.0. The number of hydrogen-bond acceptors (Lipinski definition) is 1. The molecule has 0 aliphatic heterocycles. The molecule has 0 rings (SSSR count). The molecule has 0 spiro atoms. The topological polar surface area (TPSA) is 109 Å². The van der Waals surface area contributed by atoms with Gasteiger partial charge in [-0.25, -0.2) is 0 Å². The van der Waals surface area contributed by atoms with Gasteiger partial charge in [0, 0.05) is 0 Å². The molecule has 0 aromatic carbocycles. The van der Waals surface area contributed by atoms with Crippen molar-refractivity contribution in [2.75, 3.05) is 7.11 Å². The third-order valence-electron chi connectivity index (χ3n) is 0.368. The third-order valence-corrected chi connectivity index (χ3v) is 1.57. The van der Waals surface area contributed by atoms with Crippen LogP contribution in [-0.4, -0.2) is 11.2 Å². The molecule has 0 aliphatic carbocycles. The van der Waals surface area contributed by atoms with E-state index in [0.717, 1.165) is 4.08 Å². The van der Waals surface area contributed by atoms with Gasteiger partial charge in [0.2, 0.25) is 0 Å². The van der Waals surface area contributed by atoms with Crippen molar-refractivity contribution in [2.45, 2.75) is 0 Å². The summed E-state index contributed by atoms with van der Waals surface area (Å²) in [6, 6.07) is 0. The van der Waals surface area contributed by atoms with Crippen molar-refractivity contribution < 1.29 is 47.4 Å². The number of rotatable bonds is 2. The molecule has 0 bridgehead atoms. The van der Waals surface area contributed by atoms with Crippen molar-refractivity contribution in [3.05, 3.63) is 45.9 Å². The van der Waals surface area contributed by atoms with Crippen molar-refractivity contribution in [1.29, 1.82) is 0 Å². The molecule has 0 fully saturated rings. The first-order valence-corrected chi connectivity index (χ1v) is 4.00. The Morgan fingerprint density at radius 3 is 1.12 bits per heavy atom. The van der Waals surface area contributed by atoms with Gasteiger partial charge in [0.15, 0.2) is 0 Å². The Labute approximate surface area is 105 Å². The Hall–Kier alpha value is -1.04. The van der Waals surface area contributed by atoms with E-state index in [2.05, 4.69) is 39.8 Å². The molecule has 0 aromatic heterocycles. The maximum atomic E-state index is 7.50. The first-order chi connectivity index (χ1) is 7.81. The molecule has 0 unspecified atom stereocenters. The summed E-state index contributed by atoms with van der Waals surface area (Å²) >= 11 is 1.32. The monoisotopic (exact) mass is 394 g/mol. The second-order valence-electron chi connectivity index (χ2n) is 0.727. The van der Waals surface area contributed by atoms with Gasteiger partial charge < -0.3 is 0 Å². The number of ether oxygens (including phenoxy) is 1. The van der Waals surface area contributed by atoms with Crippen LogP contribution >= 0.6 is 0 Å². The minimum absolute atomic E-state index is 0.940. The first-order valence-electron chi connectivity index (χ1n) is 2.53. The number of methoxy groups -OCH3 is 1. The van der Waals surface area contributed by atoms with E-state index in [1.54, 1.807) is 13.2 Å². The summed E-state index contributed by atoms with van der Waals surface area (Å²) in [4.78, 5) is 0. The first kappa shape index (κ1) is 36.3.